The second-order valence-electron chi connectivity index (χ2n) is 4.76. The molecule has 0 radical (unpaired) electrons. The van der Waals surface area contributed by atoms with Crippen molar-refractivity contribution < 1.29 is 9.53 Å². The van der Waals surface area contributed by atoms with E-state index in [-0.39, 0.29) is 18.6 Å². The average molecular weight is 347 g/mol. The number of halogens is 2. The molecule has 2 rings (SSSR count). The van der Waals surface area contributed by atoms with Crippen LogP contribution in [0.4, 0.5) is 0 Å². The number of alkyl halides is 1. The minimum atomic E-state index is -0.0621. The largest absolute Gasteiger partial charge is 0.484 e. The van der Waals surface area contributed by atoms with Crippen LogP contribution in [0.25, 0.3) is 0 Å². The lowest BCUT2D eigenvalue weighted by Gasteiger charge is -2.25. The number of amides is 1. The third kappa shape index (κ3) is 5.03. The summed E-state index contributed by atoms with van der Waals surface area (Å²) in [4.78, 5) is 12.4. The molecule has 104 valence electrons. The number of hydrogen-bond donors (Lipinski definition) is 1. The SMILES string of the molecule is O=C(COc1ccc(Cl)cc1)NC1CCC(Br)CC1. The maximum Gasteiger partial charge on any atom is 0.258 e. The van der Waals surface area contributed by atoms with Gasteiger partial charge in [-0.05, 0) is 49.9 Å². The number of ether oxygens (including phenoxy) is 1. The van der Waals surface area contributed by atoms with Crippen molar-refractivity contribution in [3.05, 3.63) is 29.3 Å². The van der Waals surface area contributed by atoms with E-state index in [0.29, 0.717) is 15.6 Å². The summed E-state index contributed by atoms with van der Waals surface area (Å²) in [5, 5.41) is 3.67. The molecule has 0 heterocycles. The number of rotatable bonds is 4. The summed E-state index contributed by atoms with van der Waals surface area (Å²) in [6, 6.07) is 7.28. The summed E-state index contributed by atoms with van der Waals surface area (Å²) >= 11 is 9.38. The van der Waals surface area contributed by atoms with E-state index in [1.165, 1.54) is 0 Å². The van der Waals surface area contributed by atoms with Crippen LogP contribution in [0.5, 0.6) is 5.75 Å². The van der Waals surface area contributed by atoms with E-state index in [2.05, 4.69) is 21.2 Å². The molecule has 0 bridgehead atoms. The van der Waals surface area contributed by atoms with E-state index < -0.39 is 0 Å². The van der Waals surface area contributed by atoms with Crippen molar-refractivity contribution in [2.24, 2.45) is 0 Å². The van der Waals surface area contributed by atoms with Crippen molar-refractivity contribution in [3.8, 4) is 5.75 Å². The first-order valence-electron chi connectivity index (χ1n) is 6.45. The van der Waals surface area contributed by atoms with Gasteiger partial charge in [0.2, 0.25) is 0 Å². The highest BCUT2D eigenvalue weighted by Gasteiger charge is 2.20. The Labute approximate surface area is 126 Å². The molecule has 0 aliphatic heterocycles. The van der Waals surface area contributed by atoms with Crippen LogP contribution >= 0.6 is 27.5 Å². The molecule has 0 aromatic heterocycles. The third-order valence-corrected chi connectivity index (χ3v) is 4.37. The summed E-state index contributed by atoms with van der Waals surface area (Å²) < 4.78 is 5.41. The van der Waals surface area contributed by atoms with Crippen molar-refractivity contribution in [2.75, 3.05) is 6.61 Å². The second-order valence-corrected chi connectivity index (χ2v) is 6.49. The third-order valence-electron chi connectivity index (χ3n) is 3.21. The molecule has 3 nitrogen and oxygen atoms in total. The van der Waals surface area contributed by atoms with Gasteiger partial charge < -0.3 is 10.1 Å². The first-order chi connectivity index (χ1) is 9.13. The van der Waals surface area contributed by atoms with Crippen LogP contribution in [0.2, 0.25) is 5.02 Å². The lowest BCUT2D eigenvalue weighted by Crippen LogP contribution is -2.40. The van der Waals surface area contributed by atoms with Crippen LogP contribution in [-0.4, -0.2) is 23.4 Å². The molecule has 1 aliphatic carbocycles. The monoisotopic (exact) mass is 345 g/mol. The Morgan fingerprint density at radius 3 is 2.53 bits per heavy atom. The van der Waals surface area contributed by atoms with Crippen molar-refractivity contribution >= 4 is 33.4 Å². The van der Waals surface area contributed by atoms with Crippen LogP contribution in [0.1, 0.15) is 25.7 Å². The Kier molecular flexibility index (Phi) is 5.52. The van der Waals surface area contributed by atoms with Gasteiger partial charge >= 0.3 is 0 Å². The Balaban J connectivity index is 1.71. The predicted octanol–water partition coefficient (Wildman–Crippen LogP) is 3.54. The zero-order chi connectivity index (χ0) is 13.7. The fourth-order valence-corrected chi connectivity index (χ4v) is 2.80. The minimum absolute atomic E-state index is 0.0515. The lowest BCUT2D eigenvalue weighted by molar-refractivity contribution is -0.124. The molecule has 0 saturated heterocycles. The average Bonchev–Trinajstić information content (AvgIpc) is 2.41. The van der Waals surface area contributed by atoms with E-state index >= 15 is 0 Å². The zero-order valence-electron chi connectivity index (χ0n) is 10.6. The van der Waals surface area contributed by atoms with Gasteiger partial charge in [0.15, 0.2) is 6.61 Å². The topological polar surface area (TPSA) is 38.3 Å². The maximum absolute atomic E-state index is 11.8. The van der Waals surface area contributed by atoms with Crippen LogP contribution < -0.4 is 10.1 Å². The first-order valence-corrected chi connectivity index (χ1v) is 7.74. The second kappa shape index (κ2) is 7.15. The molecule has 1 aliphatic rings. The van der Waals surface area contributed by atoms with Gasteiger partial charge in [0.05, 0.1) is 0 Å². The number of benzene rings is 1. The van der Waals surface area contributed by atoms with Crippen LogP contribution in [0.15, 0.2) is 24.3 Å². The van der Waals surface area contributed by atoms with Crippen LogP contribution in [-0.2, 0) is 4.79 Å². The van der Waals surface area contributed by atoms with E-state index in [0.717, 1.165) is 25.7 Å². The summed E-state index contributed by atoms with van der Waals surface area (Å²) in [5.41, 5.74) is 0. The molecule has 1 saturated carbocycles. The normalized spacial score (nSPS) is 22.8. The Morgan fingerprint density at radius 2 is 1.89 bits per heavy atom. The fraction of sp³-hybridized carbons (Fsp3) is 0.500. The van der Waals surface area contributed by atoms with E-state index in [1.54, 1.807) is 24.3 Å². The van der Waals surface area contributed by atoms with Crippen molar-refractivity contribution in [1.82, 2.24) is 5.32 Å². The molecule has 0 spiro atoms. The highest BCUT2D eigenvalue weighted by atomic mass is 79.9. The van der Waals surface area contributed by atoms with E-state index in [1.807, 2.05) is 0 Å². The Bertz CT molecular complexity index is 416. The number of carbonyl (C=O) groups excluding carboxylic acids is 1. The molecule has 0 unspecified atom stereocenters. The number of nitrogens with one attached hydrogen (secondary N) is 1. The first kappa shape index (κ1) is 14.7. The quantitative estimate of drug-likeness (QED) is 0.847. The smallest absolute Gasteiger partial charge is 0.258 e. The molecular formula is C14H17BrClNO2. The standard InChI is InChI=1S/C14H17BrClNO2/c15-10-1-5-12(6-2-10)17-14(18)9-19-13-7-3-11(16)4-8-13/h3-4,7-8,10,12H,1-2,5-6,9H2,(H,17,18). The summed E-state index contributed by atoms with van der Waals surface area (Å²) in [7, 11) is 0. The van der Waals surface area contributed by atoms with Gasteiger partial charge in [-0.15, -0.1) is 0 Å². The molecule has 1 aromatic rings. The number of carbonyl (C=O) groups is 1. The summed E-state index contributed by atoms with van der Waals surface area (Å²) in [6.45, 7) is 0.0515. The maximum atomic E-state index is 11.8. The van der Waals surface area contributed by atoms with Crippen LogP contribution in [0, 0.1) is 0 Å². The predicted molar refractivity (Wildman–Crippen MR) is 80.1 cm³/mol. The number of hydrogen-bond acceptors (Lipinski definition) is 2. The molecule has 1 fully saturated rings. The van der Waals surface area contributed by atoms with Crippen molar-refractivity contribution in [2.45, 2.75) is 36.6 Å². The highest BCUT2D eigenvalue weighted by Crippen LogP contribution is 2.24. The summed E-state index contributed by atoms with van der Waals surface area (Å²) in [6.07, 6.45) is 4.29. The van der Waals surface area contributed by atoms with Gasteiger partial charge in [-0.3, -0.25) is 4.79 Å². The molecule has 1 amide bonds. The van der Waals surface area contributed by atoms with Crippen molar-refractivity contribution in [3.63, 3.8) is 0 Å². The lowest BCUT2D eigenvalue weighted by atomic mass is 9.95. The fourth-order valence-electron chi connectivity index (χ4n) is 2.15. The van der Waals surface area contributed by atoms with Crippen molar-refractivity contribution in [1.29, 1.82) is 0 Å². The minimum Gasteiger partial charge on any atom is -0.484 e. The van der Waals surface area contributed by atoms with E-state index in [4.69, 9.17) is 16.3 Å². The molecule has 1 N–H and O–H groups in total. The van der Waals surface area contributed by atoms with Gasteiger partial charge in [-0.1, -0.05) is 27.5 Å². The molecule has 1 aromatic carbocycles. The Hall–Kier alpha value is -0.740. The van der Waals surface area contributed by atoms with E-state index in [9.17, 15) is 4.79 Å². The van der Waals surface area contributed by atoms with Gasteiger partial charge in [0.1, 0.15) is 5.75 Å². The van der Waals surface area contributed by atoms with Gasteiger partial charge in [-0.25, -0.2) is 0 Å². The van der Waals surface area contributed by atoms with Crippen LogP contribution in [0.3, 0.4) is 0 Å². The highest BCUT2D eigenvalue weighted by molar-refractivity contribution is 9.09. The van der Waals surface area contributed by atoms with Gasteiger partial charge in [-0.2, -0.15) is 0 Å². The molecule has 5 heteroatoms. The summed E-state index contributed by atoms with van der Waals surface area (Å²) in [5.74, 6) is 0.594. The Morgan fingerprint density at radius 1 is 1.26 bits per heavy atom. The zero-order valence-corrected chi connectivity index (χ0v) is 12.9. The van der Waals surface area contributed by atoms with Gasteiger partial charge in [0, 0.05) is 15.9 Å². The molecule has 0 atom stereocenters. The molecule has 19 heavy (non-hydrogen) atoms. The molecular weight excluding hydrogens is 330 g/mol. The van der Waals surface area contributed by atoms with Gasteiger partial charge in [0.25, 0.3) is 5.91 Å².